The molecule has 1 aromatic carbocycles. The van der Waals surface area contributed by atoms with Crippen LogP contribution in [0, 0.1) is 37.0 Å². The van der Waals surface area contributed by atoms with Crippen molar-refractivity contribution in [2.45, 2.75) is 58.4 Å². The van der Waals surface area contributed by atoms with Gasteiger partial charge in [0.1, 0.15) is 0 Å². The minimum Gasteiger partial charge on any atom is -0.369 e. The first-order valence-electron chi connectivity index (χ1n) is 12.1. The number of rotatable bonds is 5. The fraction of sp³-hybridized carbons (Fsp3) is 0.667. The summed E-state index contributed by atoms with van der Waals surface area (Å²) in [5, 5.41) is 3.22. The minimum atomic E-state index is -3.29. The summed E-state index contributed by atoms with van der Waals surface area (Å²) in [6.45, 7) is 4.92. The lowest BCUT2D eigenvalue weighted by Gasteiger charge is -2.59. The molecule has 9 heteroatoms. The van der Waals surface area contributed by atoms with Crippen LogP contribution in [-0.2, 0) is 9.59 Å². The smallest absolute Gasteiger partial charge is 0.236 e. The van der Waals surface area contributed by atoms with Crippen LogP contribution in [0.3, 0.4) is 0 Å². The van der Waals surface area contributed by atoms with Crippen LogP contribution in [0.4, 0.5) is 5.69 Å². The van der Waals surface area contributed by atoms with E-state index in [-0.39, 0.29) is 41.7 Å². The molecule has 0 radical (unpaired) electrons. The lowest BCUT2D eigenvalue weighted by Crippen LogP contribution is -2.62. The minimum absolute atomic E-state index is 0.0450. The molecule has 1 aromatic rings. The maximum absolute atomic E-state index is 13.1. The molecule has 0 aromatic heterocycles. The average molecular weight is 477 g/mol. The normalized spacial score (nSPS) is 35.9. The molecule has 1 aliphatic heterocycles. The third-order valence-electron chi connectivity index (χ3n) is 8.48. The van der Waals surface area contributed by atoms with Crippen molar-refractivity contribution in [2.24, 2.45) is 28.9 Å². The number of nitrogens with zero attached hydrogens (tertiary/aromatic N) is 2. The van der Waals surface area contributed by atoms with Gasteiger partial charge >= 0.3 is 0 Å². The molecule has 6 rings (SSSR count). The van der Waals surface area contributed by atoms with E-state index in [2.05, 4.69) is 5.32 Å². The lowest BCUT2D eigenvalue weighted by atomic mass is 9.47. The largest absolute Gasteiger partial charge is 0.369 e. The molecule has 1 saturated heterocycles. The molecular formula is C24H36N4O4S. The zero-order chi connectivity index (χ0) is 23.5. The molecule has 33 heavy (non-hydrogen) atoms. The van der Waals surface area contributed by atoms with Crippen molar-refractivity contribution < 1.29 is 18.7 Å². The van der Waals surface area contributed by atoms with Crippen molar-refractivity contribution in [3.05, 3.63) is 29.3 Å². The van der Waals surface area contributed by atoms with Gasteiger partial charge in [-0.1, -0.05) is 17.7 Å². The van der Waals surface area contributed by atoms with Crippen molar-refractivity contribution in [1.82, 2.24) is 9.62 Å². The number of amides is 2. The third-order valence-corrected chi connectivity index (χ3v) is 10.5. The molecule has 4 bridgehead atoms. The van der Waals surface area contributed by atoms with E-state index in [4.69, 9.17) is 5.73 Å². The molecule has 182 valence electrons. The highest BCUT2D eigenvalue weighted by Gasteiger charge is 2.58. The van der Waals surface area contributed by atoms with Crippen LogP contribution in [0.15, 0.2) is 18.2 Å². The number of anilines is 1. The summed E-state index contributed by atoms with van der Waals surface area (Å²) >= 11 is 0. The van der Waals surface area contributed by atoms with Crippen molar-refractivity contribution in [1.29, 1.82) is 0 Å². The Balaban J connectivity index is 1.27. The molecule has 8 nitrogen and oxygen atoms in total. The SMILES string of the molecule is Cc1ccc(N2CCCN(CC(=O)NC3C4CC5CC3CC(C(N)=O)(C5)C4)S2(O)O)c(C)c1. The molecule has 1 heterocycles. The van der Waals surface area contributed by atoms with E-state index in [1.54, 1.807) is 4.31 Å². The number of hydrogen-bond acceptors (Lipinski definition) is 6. The Bertz CT molecular complexity index is 954. The predicted octanol–water partition coefficient (Wildman–Crippen LogP) is 3.19. The van der Waals surface area contributed by atoms with Crippen LogP contribution >= 0.6 is 11.0 Å². The molecule has 5 aliphatic rings. The van der Waals surface area contributed by atoms with E-state index in [0.29, 0.717) is 19.0 Å². The molecule has 5 N–H and O–H groups in total. The molecule has 4 aliphatic carbocycles. The fourth-order valence-electron chi connectivity index (χ4n) is 7.23. The van der Waals surface area contributed by atoms with Gasteiger partial charge in [-0.3, -0.25) is 23.0 Å². The first-order valence-corrected chi connectivity index (χ1v) is 13.5. The van der Waals surface area contributed by atoms with E-state index < -0.39 is 11.0 Å². The van der Waals surface area contributed by atoms with Gasteiger partial charge in [0.15, 0.2) is 0 Å². The summed E-state index contributed by atoms with van der Waals surface area (Å²) in [6, 6.07) is 5.96. The zero-order valence-corrected chi connectivity index (χ0v) is 20.3. The monoisotopic (exact) mass is 476 g/mol. The summed E-state index contributed by atoms with van der Waals surface area (Å²) in [5.41, 5.74) is 8.30. The van der Waals surface area contributed by atoms with Gasteiger partial charge in [0.25, 0.3) is 0 Å². The molecule has 2 amide bonds. The second-order valence-electron chi connectivity index (χ2n) is 10.8. The topological polar surface area (TPSA) is 119 Å². The Kier molecular flexibility index (Phi) is 5.67. The highest BCUT2D eigenvalue weighted by molar-refractivity contribution is 8.23. The van der Waals surface area contributed by atoms with Crippen LogP contribution in [0.2, 0.25) is 0 Å². The standard InChI is InChI=1S/C24H36N4O4S/c1-15-4-5-20(16(2)8-15)28-7-3-6-27(33(28,31)32)14-21(29)26-22-18-9-17-10-19(22)13-24(11-17,12-18)23(25)30/h4-5,8,17-19,22,31-32H,3,6-7,9-14H2,1-2H3,(H2,25,30)(H,26,29). The Hall–Kier alpha value is -1.81. The Morgan fingerprint density at radius 3 is 2.48 bits per heavy atom. The van der Waals surface area contributed by atoms with Gasteiger partial charge in [-0.05, 0) is 92.7 Å². The fourth-order valence-corrected chi connectivity index (χ4v) is 9.02. The van der Waals surface area contributed by atoms with Crippen LogP contribution in [0.5, 0.6) is 0 Å². The summed E-state index contributed by atoms with van der Waals surface area (Å²) in [7, 11) is -3.29. The van der Waals surface area contributed by atoms with Crippen molar-refractivity contribution in [3.8, 4) is 0 Å². The van der Waals surface area contributed by atoms with Gasteiger partial charge in [-0.2, -0.15) is 4.31 Å². The number of carbonyl (C=O) groups is 2. The molecule has 2 unspecified atom stereocenters. The molecule has 2 atom stereocenters. The van der Waals surface area contributed by atoms with E-state index in [1.165, 1.54) is 4.31 Å². The number of nitrogens with two attached hydrogens (primary N) is 1. The van der Waals surface area contributed by atoms with Crippen LogP contribution in [0.1, 0.15) is 49.7 Å². The van der Waals surface area contributed by atoms with E-state index >= 15 is 0 Å². The quantitative estimate of drug-likeness (QED) is 0.518. The number of nitrogens with one attached hydrogen (secondary N) is 1. The number of aryl methyl sites for hydroxylation is 2. The number of hydrogen-bond donors (Lipinski definition) is 4. The lowest BCUT2D eigenvalue weighted by molar-refractivity contribution is -0.147. The van der Waals surface area contributed by atoms with Crippen molar-refractivity contribution in [3.63, 3.8) is 0 Å². The first kappa shape index (κ1) is 23.0. The molecular weight excluding hydrogens is 440 g/mol. The molecule has 5 fully saturated rings. The maximum Gasteiger partial charge on any atom is 0.236 e. The molecule has 4 saturated carbocycles. The summed E-state index contributed by atoms with van der Waals surface area (Å²) in [5.74, 6) is 0.731. The van der Waals surface area contributed by atoms with Gasteiger partial charge in [0, 0.05) is 24.5 Å². The number of primary amides is 1. The highest BCUT2D eigenvalue weighted by atomic mass is 32.3. The van der Waals surface area contributed by atoms with Gasteiger partial charge in [-0.25, -0.2) is 0 Å². The maximum atomic E-state index is 13.1. The van der Waals surface area contributed by atoms with E-state index in [9.17, 15) is 18.7 Å². The van der Waals surface area contributed by atoms with Crippen LogP contribution in [-0.4, -0.2) is 50.9 Å². The zero-order valence-electron chi connectivity index (χ0n) is 19.5. The van der Waals surface area contributed by atoms with Crippen molar-refractivity contribution in [2.75, 3.05) is 23.9 Å². The van der Waals surface area contributed by atoms with Crippen LogP contribution < -0.4 is 15.4 Å². The summed E-state index contributed by atoms with van der Waals surface area (Å²) in [4.78, 5) is 25.3. The second kappa shape index (κ2) is 8.15. The van der Waals surface area contributed by atoms with Crippen molar-refractivity contribution >= 4 is 28.5 Å². The van der Waals surface area contributed by atoms with Gasteiger partial charge in [0.05, 0.1) is 12.2 Å². The predicted molar refractivity (Wildman–Crippen MR) is 129 cm³/mol. The van der Waals surface area contributed by atoms with Crippen LogP contribution in [0.25, 0.3) is 0 Å². The van der Waals surface area contributed by atoms with Gasteiger partial charge in [-0.15, -0.1) is 0 Å². The van der Waals surface area contributed by atoms with E-state index in [0.717, 1.165) is 55.3 Å². The summed E-state index contributed by atoms with van der Waals surface area (Å²) < 4.78 is 25.5. The number of benzene rings is 1. The average Bonchev–Trinajstić information content (AvgIpc) is 2.72. The molecule has 0 spiro atoms. The number of carbonyl (C=O) groups excluding carboxylic acids is 2. The van der Waals surface area contributed by atoms with Gasteiger partial charge in [0.2, 0.25) is 11.8 Å². The Morgan fingerprint density at radius 1 is 1.15 bits per heavy atom. The van der Waals surface area contributed by atoms with Gasteiger partial charge < -0.3 is 11.1 Å². The summed E-state index contributed by atoms with van der Waals surface area (Å²) in [6.07, 6.45) is 5.25. The third kappa shape index (κ3) is 3.92. The highest BCUT2D eigenvalue weighted by Crippen LogP contribution is 2.60. The first-order chi connectivity index (χ1) is 15.6. The Morgan fingerprint density at radius 2 is 1.85 bits per heavy atom. The van der Waals surface area contributed by atoms with E-state index in [1.807, 2.05) is 32.0 Å². The second-order valence-corrected chi connectivity index (χ2v) is 12.7. The Labute approximate surface area is 197 Å².